The molecule has 0 unspecified atom stereocenters. The molecule has 3 rings (SSSR count). The lowest BCUT2D eigenvalue weighted by Crippen LogP contribution is -2.61. The summed E-state index contributed by atoms with van der Waals surface area (Å²) in [5.41, 5.74) is -0.361. The van der Waals surface area contributed by atoms with Crippen LogP contribution in [0.5, 0.6) is 5.75 Å². The fourth-order valence-corrected chi connectivity index (χ4v) is 4.41. The summed E-state index contributed by atoms with van der Waals surface area (Å²) in [5.74, 6) is -1.17. The highest BCUT2D eigenvalue weighted by molar-refractivity contribution is 5.73. The summed E-state index contributed by atoms with van der Waals surface area (Å²) in [5, 5.41) is 50.6. The minimum Gasteiger partial charge on any atom is -0.479 e. The molecule has 1 saturated carbocycles. The normalized spacial score (nSPS) is 37.2. The van der Waals surface area contributed by atoms with Gasteiger partial charge in [0, 0.05) is 12.5 Å². The second kappa shape index (κ2) is 9.17. The predicted molar refractivity (Wildman–Crippen MR) is 106 cm³/mol. The van der Waals surface area contributed by atoms with E-state index < -0.39 is 42.3 Å². The zero-order valence-corrected chi connectivity index (χ0v) is 17.2. The van der Waals surface area contributed by atoms with Crippen molar-refractivity contribution >= 4 is 5.97 Å². The zero-order chi connectivity index (χ0) is 22.1. The molecule has 7 atom stereocenters. The number of aliphatic carboxylic acids is 1. The van der Waals surface area contributed by atoms with Crippen LogP contribution in [0.2, 0.25) is 0 Å². The van der Waals surface area contributed by atoms with Gasteiger partial charge in [0.1, 0.15) is 24.1 Å². The second-order valence-corrected chi connectivity index (χ2v) is 8.51. The van der Waals surface area contributed by atoms with E-state index in [2.05, 4.69) is 0 Å². The molecule has 1 aliphatic heterocycles. The average Bonchev–Trinajstić information content (AvgIpc) is 2.70. The molecule has 1 heterocycles. The number of aliphatic hydroxyl groups excluding tert-OH is 3. The van der Waals surface area contributed by atoms with Crippen molar-refractivity contribution in [2.45, 2.75) is 62.0 Å². The Morgan fingerprint density at radius 3 is 2.60 bits per heavy atom. The molecule has 0 aromatic heterocycles. The number of carboxylic acid groups (broad SMARTS) is 1. The number of rotatable bonds is 6. The van der Waals surface area contributed by atoms with Crippen LogP contribution in [-0.4, -0.2) is 87.7 Å². The fraction of sp³-hybridized carbons (Fsp3) is 0.667. The first kappa shape index (κ1) is 22.9. The minimum absolute atomic E-state index is 0.0429. The molecule has 30 heavy (non-hydrogen) atoms. The molecule has 168 valence electrons. The van der Waals surface area contributed by atoms with Gasteiger partial charge in [-0.3, -0.25) is 0 Å². The van der Waals surface area contributed by atoms with E-state index in [1.54, 1.807) is 18.2 Å². The van der Waals surface area contributed by atoms with E-state index in [1.807, 2.05) is 25.1 Å². The number of ether oxygens (including phenoxy) is 2. The van der Waals surface area contributed by atoms with Crippen LogP contribution in [0.15, 0.2) is 24.3 Å². The van der Waals surface area contributed by atoms with Gasteiger partial charge in [-0.1, -0.05) is 25.0 Å². The van der Waals surface area contributed by atoms with E-state index in [0.29, 0.717) is 12.0 Å². The lowest BCUT2D eigenvalue weighted by molar-refractivity contribution is -0.271. The first-order chi connectivity index (χ1) is 14.1. The molecule has 1 aromatic carbocycles. The molecule has 1 aliphatic carbocycles. The van der Waals surface area contributed by atoms with Crippen LogP contribution in [0, 0.1) is 5.92 Å². The maximum absolute atomic E-state index is 11.5. The molecular weight excluding hydrogens is 394 g/mol. The Labute approximate surface area is 175 Å². The highest BCUT2D eigenvalue weighted by atomic mass is 16.7. The van der Waals surface area contributed by atoms with E-state index in [4.69, 9.17) is 9.47 Å². The minimum atomic E-state index is -1.78. The lowest BCUT2D eigenvalue weighted by Gasteiger charge is -2.42. The summed E-state index contributed by atoms with van der Waals surface area (Å²) in [7, 11) is 3.93. The zero-order valence-electron chi connectivity index (χ0n) is 17.2. The van der Waals surface area contributed by atoms with Crippen LogP contribution in [-0.2, 0) is 15.1 Å². The van der Waals surface area contributed by atoms with Crippen LogP contribution in [0.3, 0.4) is 0 Å². The molecule has 9 heteroatoms. The highest BCUT2D eigenvalue weighted by Crippen LogP contribution is 2.43. The number of hydrogen-bond acceptors (Lipinski definition) is 8. The first-order valence-electron chi connectivity index (χ1n) is 10.2. The monoisotopic (exact) mass is 425 g/mol. The molecule has 1 saturated heterocycles. The van der Waals surface area contributed by atoms with Crippen LogP contribution < -0.4 is 4.74 Å². The van der Waals surface area contributed by atoms with Crippen LogP contribution in [0.1, 0.15) is 31.2 Å². The number of carboxylic acids is 1. The van der Waals surface area contributed by atoms with Gasteiger partial charge in [-0.2, -0.15) is 0 Å². The number of carbonyl (C=O) groups is 1. The van der Waals surface area contributed by atoms with Gasteiger partial charge < -0.3 is 39.9 Å². The van der Waals surface area contributed by atoms with Crippen molar-refractivity contribution in [1.82, 2.24) is 4.90 Å². The lowest BCUT2D eigenvalue weighted by atomic mass is 9.71. The maximum atomic E-state index is 11.5. The van der Waals surface area contributed by atoms with Gasteiger partial charge in [-0.15, -0.1) is 0 Å². The van der Waals surface area contributed by atoms with E-state index in [-0.39, 0.29) is 11.7 Å². The van der Waals surface area contributed by atoms with Crippen molar-refractivity contribution in [2.24, 2.45) is 5.92 Å². The van der Waals surface area contributed by atoms with Crippen molar-refractivity contribution < 1.29 is 39.8 Å². The summed E-state index contributed by atoms with van der Waals surface area (Å²) in [6.07, 6.45) is -4.91. The molecule has 2 aliphatic rings. The van der Waals surface area contributed by atoms with Crippen molar-refractivity contribution in [3.8, 4) is 5.75 Å². The molecule has 0 radical (unpaired) electrons. The summed E-state index contributed by atoms with van der Waals surface area (Å²) in [6.45, 7) is 0.733. The SMILES string of the molecule is CN(C)C[C@H]1CCCC[C@]1(O)c1cccc(O[C@@H]2O[C@H](C(=O)O)[C@@H](O)[C@H](O)[C@@H]2O)c1. The van der Waals surface area contributed by atoms with Gasteiger partial charge in [0.05, 0.1) is 5.60 Å². The van der Waals surface area contributed by atoms with Gasteiger partial charge in [0.15, 0.2) is 6.10 Å². The Kier molecular flexibility index (Phi) is 7.01. The maximum Gasteiger partial charge on any atom is 0.335 e. The van der Waals surface area contributed by atoms with E-state index in [0.717, 1.165) is 25.8 Å². The van der Waals surface area contributed by atoms with Gasteiger partial charge >= 0.3 is 5.97 Å². The number of nitrogens with zero attached hydrogens (tertiary/aromatic N) is 1. The molecule has 0 spiro atoms. The molecule has 2 fully saturated rings. The van der Waals surface area contributed by atoms with Gasteiger partial charge in [0.2, 0.25) is 6.29 Å². The summed E-state index contributed by atoms with van der Waals surface area (Å²) >= 11 is 0. The van der Waals surface area contributed by atoms with Gasteiger partial charge in [0.25, 0.3) is 0 Å². The van der Waals surface area contributed by atoms with Crippen molar-refractivity contribution in [2.75, 3.05) is 20.6 Å². The van der Waals surface area contributed by atoms with Crippen LogP contribution in [0.25, 0.3) is 0 Å². The summed E-state index contributed by atoms with van der Waals surface area (Å²) in [4.78, 5) is 13.3. The summed E-state index contributed by atoms with van der Waals surface area (Å²) in [6, 6.07) is 6.77. The topological polar surface area (TPSA) is 140 Å². The Bertz CT molecular complexity index is 743. The molecular formula is C21H31NO8. The Balaban J connectivity index is 1.82. The molecule has 0 amide bonds. The van der Waals surface area contributed by atoms with Crippen LogP contribution in [0.4, 0.5) is 0 Å². The predicted octanol–water partition coefficient (Wildman–Crippen LogP) is -0.103. The number of hydrogen-bond donors (Lipinski definition) is 5. The smallest absolute Gasteiger partial charge is 0.335 e. The fourth-order valence-electron chi connectivity index (χ4n) is 4.41. The van der Waals surface area contributed by atoms with Crippen molar-refractivity contribution in [1.29, 1.82) is 0 Å². The standard InChI is InChI=1S/C21H31NO8/c1-22(2)11-13-6-3-4-9-21(13,28)12-7-5-8-14(10-12)29-20-17(25)15(23)16(24)18(30-20)19(26)27/h5,7-8,10,13,15-18,20,23-25,28H,3-4,6,9,11H2,1-2H3,(H,26,27)/t13-,15+,16+,17+,18+,20-,21+/m1/s1. The molecule has 5 N–H and O–H groups in total. The third-order valence-corrected chi connectivity index (χ3v) is 6.02. The average molecular weight is 425 g/mol. The van der Waals surface area contributed by atoms with E-state index in [1.165, 1.54) is 0 Å². The Hall–Kier alpha value is -1.75. The van der Waals surface area contributed by atoms with Crippen molar-refractivity contribution in [3.05, 3.63) is 29.8 Å². The number of benzene rings is 1. The van der Waals surface area contributed by atoms with Crippen LogP contribution >= 0.6 is 0 Å². The highest BCUT2D eigenvalue weighted by Gasteiger charge is 2.48. The largest absolute Gasteiger partial charge is 0.479 e. The molecule has 0 bridgehead atoms. The van der Waals surface area contributed by atoms with Gasteiger partial charge in [-0.25, -0.2) is 4.79 Å². The third kappa shape index (κ3) is 4.61. The Morgan fingerprint density at radius 1 is 1.20 bits per heavy atom. The van der Waals surface area contributed by atoms with Gasteiger partial charge in [-0.05, 0) is 44.6 Å². The Morgan fingerprint density at radius 2 is 1.93 bits per heavy atom. The second-order valence-electron chi connectivity index (χ2n) is 8.51. The third-order valence-electron chi connectivity index (χ3n) is 6.02. The summed E-state index contributed by atoms with van der Waals surface area (Å²) < 4.78 is 10.8. The molecule has 9 nitrogen and oxygen atoms in total. The van der Waals surface area contributed by atoms with E-state index >= 15 is 0 Å². The van der Waals surface area contributed by atoms with Crippen molar-refractivity contribution in [3.63, 3.8) is 0 Å². The first-order valence-corrected chi connectivity index (χ1v) is 10.2. The van der Waals surface area contributed by atoms with E-state index in [9.17, 15) is 30.3 Å². The number of aliphatic hydroxyl groups is 4. The quantitative estimate of drug-likeness (QED) is 0.422. The molecule has 1 aromatic rings.